The molecule has 1 aliphatic heterocycles. The number of hydrogen-bond donors (Lipinski definition) is 3. The smallest absolute Gasteiger partial charge is 0.234 e. The van der Waals surface area contributed by atoms with Crippen LogP contribution >= 0.6 is 11.8 Å². The van der Waals surface area contributed by atoms with E-state index in [1.165, 1.54) is 11.8 Å². The predicted octanol–water partition coefficient (Wildman–Crippen LogP) is 1.50. The number of imidazole rings is 1. The van der Waals surface area contributed by atoms with E-state index >= 15 is 0 Å². The number of hydrogen-bond acceptors (Lipinski definition) is 4. The molecule has 0 radical (unpaired) electrons. The summed E-state index contributed by atoms with van der Waals surface area (Å²) in [6, 6.07) is 5.55. The topological polar surface area (TPSA) is 83.8 Å². The fraction of sp³-hybridized carbons (Fsp3) is 0.167. The monoisotopic (exact) mass is 260 g/mol. The van der Waals surface area contributed by atoms with E-state index in [4.69, 9.17) is 5.73 Å². The second-order valence-corrected chi connectivity index (χ2v) is 5.06. The van der Waals surface area contributed by atoms with Gasteiger partial charge in [-0.05, 0) is 17.7 Å². The zero-order valence-corrected chi connectivity index (χ0v) is 10.3. The Morgan fingerprint density at radius 1 is 1.44 bits per heavy atom. The van der Waals surface area contributed by atoms with Gasteiger partial charge in [0.25, 0.3) is 0 Å². The van der Waals surface area contributed by atoms with Crippen LogP contribution in [0.25, 0.3) is 0 Å². The largest absolute Gasteiger partial charge is 0.347 e. The maximum absolute atomic E-state index is 11.4. The zero-order valence-electron chi connectivity index (χ0n) is 9.51. The highest BCUT2D eigenvalue weighted by atomic mass is 32.2. The number of thioether (sulfide) groups is 1. The van der Waals surface area contributed by atoms with Crippen LogP contribution in [0.2, 0.25) is 0 Å². The lowest BCUT2D eigenvalue weighted by Crippen LogP contribution is -2.20. The van der Waals surface area contributed by atoms with Crippen molar-refractivity contribution in [3.63, 3.8) is 0 Å². The number of rotatable bonds is 2. The Hall–Kier alpha value is -1.79. The number of nitrogens with two attached hydrogens (primary N) is 1. The van der Waals surface area contributed by atoms with Crippen LogP contribution in [0.15, 0.2) is 35.5 Å². The standard InChI is InChI=1S/C12H12N4OS/c13-11(12-14-3-4-15-12)7-1-2-9-8(5-7)16-10(17)6-18-9/h1-5,11H,6,13H2,(H,14,15)(H,16,17). The third-order valence-corrected chi connectivity index (χ3v) is 3.88. The molecule has 0 aliphatic carbocycles. The SMILES string of the molecule is NC(c1ccc2c(c1)NC(=O)CS2)c1ncc[nH]1. The molecular weight excluding hydrogens is 248 g/mol. The second kappa shape index (κ2) is 4.47. The molecule has 18 heavy (non-hydrogen) atoms. The van der Waals surface area contributed by atoms with E-state index in [0.717, 1.165) is 16.1 Å². The van der Waals surface area contributed by atoms with Gasteiger partial charge in [0, 0.05) is 17.3 Å². The fourth-order valence-corrected chi connectivity index (χ4v) is 2.69. The number of amides is 1. The molecule has 1 unspecified atom stereocenters. The predicted molar refractivity (Wildman–Crippen MR) is 70.4 cm³/mol. The average Bonchev–Trinajstić information content (AvgIpc) is 2.90. The van der Waals surface area contributed by atoms with Gasteiger partial charge in [-0.15, -0.1) is 11.8 Å². The number of nitrogens with one attached hydrogen (secondary N) is 2. The number of benzene rings is 1. The van der Waals surface area contributed by atoms with Gasteiger partial charge in [0.05, 0.1) is 17.5 Å². The van der Waals surface area contributed by atoms with Crippen molar-refractivity contribution in [2.24, 2.45) is 5.73 Å². The molecule has 2 aromatic rings. The minimum atomic E-state index is -0.311. The van der Waals surface area contributed by atoms with Crippen molar-refractivity contribution in [2.75, 3.05) is 11.1 Å². The van der Waals surface area contributed by atoms with Gasteiger partial charge in [0.15, 0.2) is 0 Å². The van der Waals surface area contributed by atoms with E-state index < -0.39 is 0 Å². The third kappa shape index (κ3) is 2.00. The molecule has 0 spiro atoms. The first-order valence-corrected chi connectivity index (χ1v) is 6.54. The number of carbonyl (C=O) groups excluding carboxylic acids is 1. The molecule has 0 bridgehead atoms. The number of carbonyl (C=O) groups is 1. The molecule has 0 saturated heterocycles. The quantitative estimate of drug-likeness (QED) is 0.764. The summed E-state index contributed by atoms with van der Waals surface area (Å²) in [5.41, 5.74) is 7.87. The van der Waals surface area contributed by atoms with Gasteiger partial charge < -0.3 is 16.0 Å². The molecule has 1 amide bonds. The summed E-state index contributed by atoms with van der Waals surface area (Å²) in [5, 5.41) is 2.85. The number of nitrogens with zero attached hydrogens (tertiary/aromatic N) is 1. The van der Waals surface area contributed by atoms with E-state index in [1.807, 2.05) is 18.2 Å². The first kappa shape index (κ1) is 11.3. The van der Waals surface area contributed by atoms with Crippen LogP contribution in [0.3, 0.4) is 0 Å². The molecule has 5 nitrogen and oxygen atoms in total. The third-order valence-electron chi connectivity index (χ3n) is 2.81. The number of aromatic amines is 1. The molecule has 92 valence electrons. The van der Waals surface area contributed by atoms with Crippen LogP contribution < -0.4 is 11.1 Å². The summed E-state index contributed by atoms with van der Waals surface area (Å²) in [4.78, 5) is 19.6. The van der Waals surface area contributed by atoms with Crippen LogP contribution in [0.4, 0.5) is 5.69 Å². The van der Waals surface area contributed by atoms with Gasteiger partial charge in [-0.2, -0.15) is 0 Å². The van der Waals surface area contributed by atoms with Crippen molar-refractivity contribution in [2.45, 2.75) is 10.9 Å². The Balaban J connectivity index is 1.94. The van der Waals surface area contributed by atoms with Crippen LogP contribution in [0, 0.1) is 0 Å². The van der Waals surface area contributed by atoms with E-state index in [9.17, 15) is 4.79 Å². The van der Waals surface area contributed by atoms with Gasteiger partial charge in [0.2, 0.25) is 5.91 Å². The Labute approximate surface area is 108 Å². The van der Waals surface area contributed by atoms with Gasteiger partial charge in [-0.1, -0.05) is 6.07 Å². The Kier molecular flexibility index (Phi) is 2.81. The summed E-state index contributed by atoms with van der Waals surface area (Å²) in [7, 11) is 0. The molecule has 2 heterocycles. The van der Waals surface area contributed by atoms with Crippen LogP contribution in [-0.2, 0) is 4.79 Å². The maximum atomic E-state index is 11.4. The summed E-state index contributed by atoms with van der Waals surface area (Å²) >= 11 is 1.54. The minimum Gasteiger partial charge on any atom is -0.347 e. The molecule has 6 heteroatoms. The van der Waals surface area contributed by atoms with E-state index in [-0.39, 0.29) is 11.9 Å². The number of H-pyrrole nitrogens is 1. The second-order valence-electron chi connectivity index (χ2n) is 4.04. The average molecular weight is 260 g/mol. The highest BCUT2D eigenvalue weighted by Gasteiger charge is 2.18. The van der Waals surface area contributed by atoms with Crippen molar-refractivity contribution >= 4 is 23.4 Å². The van der Waals surface area contributed by atoms with Gasteiger partial charge in [0.1, 0.15) is 5.82 Å². The van der Waals surface area contributed by atoms with Crippen LogP contribution in [-0.4, -0.2) is 21.6 Å². The lowest BCUT2D eigenvalue weighted by Gasteiger charge is -2.18. The molecule has 1 atom stereocenters. The molecule has 1 aliphatic rings. The van der Waals surface area contributed by atoms with Gasteiger partial charge >= 0.3 is 0 Å². The molecule has 1 aromatic carbocycles. The van der Waals surface area contributed by atoms with Gasteiger partial charge in [-0.25, -0.2) is 4.98 Å². The lowest BCUT2D eigenvalue weighted by atomic mass is 10.1. The summed E-state index contributed by atoms with van der Waals surface area (Å²) in [6.45, 7) is 0. The van der Waals surface area contributed by atoms with Crippen molar-refractivity contribution in [3.05, 3.63) is 42.0 Å². The fourth-order valence-electron chi connectivity index (χ4n) is 1.90. The van der Waals surface area contributed by atoms with Crippen LogP contribution in [0.1, 0.15) is 17.4 Å². The molecule has 0 saturated carbocycles. The summed E-state index contributed by atoms with van der Waals surface area (Å²) in [5.74, 6) is 1.21. The van der Waals surface area contributed by atoms with Gasteiger partial charge in [-0.3, -0.25) is 4.79 Å². The minimum absolute atomic E-state index is 0.0243. The normalized spacial score (nSPS) is 15.9. The molecule has 3 rings (SSSR count). The highest BCUT2D eigenvalue weighted by molar-refractivity contribution is 8.00. The van der Waals surface area contributed by atoms with E-state index in [0.29, 0.717) is 11.6 Å². The number of fused-ring (bicyclic) bond motifs is 1. The molecular formula is C12H12N4OS. The first-order chi connectivity index (χ1) is 8.74. The summed E-state index contributed by atoms with van der Waals surface area (Å²) < 4.78 is 0. The maximum Gasteiger partial charge on any atom is 0.234 e. The molecule has 0 fully saturated rings. The number of aromatic nitrogens is 2. The lowest BCUT2D eigenvalue weighted by molar-refractivity contribution is -0.113. The van der Waals surface area contributed by atoms with Crippen molar-refractivity contribution in [3.8, 4) is 0 Å². The Morgan fingerprint density at radius 3 is 3.11 bits per heavy atom. The van der Waals surface area contributed by atoms with Crippen molar-refractivity contribution in [1.29, 1.82) is 0 Å². The first-order valence-electron chi connectivity index (χ1n) is 5.55. The molecule has 4 N–H and O–H groups in total. The van der Waals surface area contributed by atoms with Crippen LogP contribution in [0.5, 0.6) is 0 Å². The van der Waals surface area contributed by atoms with Crippen molar-refractivity contribution in [1.82, 2.24) is 9.97 Å². The van der Waals surface area contributed by atoms with Crippen molar-refractivity contribution < 1.29 is 4.79 Å². The number of anilines is 1. The Morgan fingerprint density at radius 2 is 2.33 bits per heavy atom. The Bertz CT molecular complexity index is 582. The van der Waals surface area contributed by atoms with E-state index in [2.05, 4.69) is 15.3 Å². The van der Waals surface area contributed by atoms with E-state index in [1.54, 1.807) is 12.4 Å². The zero-order chi connectivity index (χ0) is 12.5. The highest BCUT2D eigenvalue weighted by Crippen LogP contribution is 2.33. The molecule has 1 aromatic heterocycles. The summed E-state index contributed by atoms with van der Waals surface area (Å²) in [6.07, 6.45) is 3.41.